The smallest absolute Gasteiger partial charge is 0.118 e. The topological polar surface area (TPSA) is 35.9 Å². The van der Waals surface area contributed by atoms with Crippen LogP contribution in [0.5, 0.6) is 5.75 Å². The van der Waals surface area contributed by atoms with Crippen molar-refractivity contribution in [3.05, 3.63) is 29.8 Å². The van der Waals surface area contributed by atoms with Crippen molar-refractivity contribution in [3.8, 4) is 5.75 Å². The van der Waals surface area contributed by atoms with Crippen LogP contribution in [0.15, 0.2) is 24.3 Å². The number of hydrogen-bond donors (Lipinski definition) is 1. The number of benzene rings is 1. The fourth-order valence-electron chi connectivity index (χ4n) is 2.46. The summed E-state index contributed by atoms with van der Waals surface area (Å²) in [7, 11) is 3.81. The molecule has 106 valence electrons. The molecule has 4 heteroatoms. The third-order valence-corrected chi connectivity index (χ3v) is 3.74. The van der Waals surface area contributed by atoms with E-state index >= 15 is 0 Å². The molecule has 0 aromatic heterocycles. The SMILES string of the molecule is COc1ccc(C(O)CN2CCCN(C)CC2)cc1. The highest BCUT2D eigenvalue weighted by molar-refractivity contribution is 5.28. The van der Waals surface area contributed by atoms with Gasteiger partial charge in [-0.3, -0.25) is 4.90 Å². The molecule has 0 radical (unpaired) electrons. The number of nitrogens with zero attached hydrogens (tertiary/aromatic N) is 2. The van der Waals surface area contributed by atoms with Crippen LogP contribution < -0.4 is 4.74 Å². The molecule has 1 unspecified atom stereocenters. The molecule has 1 aromatic rings. The van der Waals surface area contributed by atoms with Crippen LogP contribution in [-0.4, -0.2) is 61.8 Å². The number of aliphatic hydroxyl groups excluding tert-OH is 1. The molecule has 4 nitrogen and oxygen atoms in total. The number of hydrogen-bond acceptors (Lipinski definition) is 4. The average molecular weight is 264 g/mol. The molecule has 0 amide bonds. The van der Waals surface area contributed by atoms with Crippen LogP contribution in [0.3, 0.4) is 0 Å². The number of ether oxygens (including phenoxy) is 1. The Kier molecular flexibility index (Phi) is 5.19. The highest BCUT2D eigenvalue weighted by atomic mass is 16.5. The lowest BCUT2D eigenvalue weighted by Gasteiger charge is -2.23. The minimum Gasteiger partial charge on any atom is -0.497 e. The van der Waals surface area contributed by atoms with Gasteiger partial charge >= 0.3 is 0 Å². The van der Waals surface area contributed by atoms with E-state index in [1.54, 1.807) is 7.11 Å². The van der Waals surface area contributed by atoms with Gasteiger partial charge in [0.25, 0.3) is 0 Å². The summed E-state index contributed by atoms with van der Waals surface area (Å²) in [5.41, 5.74) is 0.957. The van der Waals surface area contributed by atoms with Crippen molar-refractivity contribution >= 4 is 0 Å². The molecule has 0 saturated carbocycles. The van der Waals surface area contributed by atoms with E-state index in [1.807, 2.05) is 24.3 Å². The van der Waals surface area contributed by atoms with Crippen molar-refractivity contribution in [1.29, 1.82) is 0 Å². The van der Waals surface area contributed by atoms with E-state index in [0.29, 0.717) is 6.54 Å². The second kappa shape index (κ2) is 6.89. The zero-order valence-electron chi connectivity index (χ0n) is 11.9. The summed E-state index contributed by atoms with van der Waals surface area (Å²) in [6, 6.07) is 7.67. The lowest BCUT2D eigenvalue weighted by Crippen LogP contribution is -2.32. The second-order valence-electron chi connectivity index (χ2n) is 5.25. The summed E-state index contributed by atoms with van der Waals surface area (Å²) in [6.07, 6.45) is 0.751. The van der Waals surface area contributed by atoms with Gasteiger partial charge in [0, 0.05) is 19.6 Å². The van der Waals surface area contributed by atoms with Gasteiger partial charge in [0.15, 0.2) is 0 Å². The van der Waals surface area contributed by atoms with Gasteiger partial charge in [0.05, 0.1) is 13.2 Å². The van der Waals surface area contributed by atoms with Crippen molar-refractivity contribution in [2.75, 3.05) is 46.9 Å². The highest BCUT2D eigenvalue weighted by Gasteiger charge is 2.16. The van der Waals surface area contributed by atoms with Crippen LogP contribution in [-0.2, 0) is 0 Å². The van der Waals surface area contributed by atoms with Crippen molar-refractivity contribution in [2.45, 2.75) is 12.5 Å². The van der Waals surface area contributed by atoms with Crippen molar-refractivity contribution in [1.82, 2.24) is 9.80 Å². The van der Waals surface area contributed by atoms with Crippen molar-refractivity contribution in [2.24, 2.45) is 0 Å². The molecule has 0 bridgehead atoms. The van der Waals surface area contributed by atoms with Gasteiger partial charge in [-0.1, -0.05) is 12.1 Å². The quantitative estimate of drug-likeness (QED) is 0.891. The van der Waals surface area contributed by atoms with Crippen LogP contribution in [0.1, 0.15) is 18.1 Å². The first-order valence-corrected chi connectivity index (χ1v) is 6.92. The molecule has 1 fully saturated rings. The van der Waals surface area contributed by atoms with Crippen LogP contribution in [0.2, 0.25) is 0 Å². The molecular weight excluding hydrogens is 240 g/mol. The predicted octanol–water partition coefficient (Wildman–Crippen LogP) is 1.37. The van der Waals surface area contributed by atoms with Crippen LogP contribution in [0.25, 0.3) is 0 Å². The Morgan fingerprint density at radius 2 is 1.89 bits per heavy atom. The maximum Gasteiger partial charge on any atom is 0.118 e. The minimum absolute atomic E-state index is 0.422. The van der Waals surface area contributed by atoms with Gasteiger partial charge < -0.3 is 14.7 Å². The van der Waals surface area contributed by atoms with E-state index in [1.165, 1.54) is 6.42 Å². The number of aliphatic hydroxyl groups is 1. The fourth-order valence-corrected chi connectivity index (χ4v) is 2.46. The van der Waals surface area contributed by atoms with E-state index in [4.69, 9.17) is 4.74 Å². The Morgan fingerprint density at radius 3 is 2.58 bits per heavy atom. The molecule has 1 aromatic carbocycles. The van der Waals surface area contributed by atoms with E-state index < -0.39 is 6.10 Å². The van der Waals surface area contributed by atoms with Crippen molar-refractivity contribution < 1.29 is 9.84 Å². The molecule has 1 saturated heterocycles. The van der Waals surface area contributed by atoms with E-state index in [9.17, 15) is 5.11 Å². The summed E-state index contributed by atoms with van der Waals surface area (Å²) < 4.78 is 5.13. The van der Waals surface area contributed by atoms with Gasteiger partial charge in [0.2, 0.25) is 0 Å². The zero-order chi connectivity index (χ0) is 13.7. The maximum absolute atomic E-state index is 10.3. The molecule has 2 rings (SSSR count). The number of β-amino-alcohol motifs (C(OH)–C–C–N with tert-alkyl or cyclic N) is 1. The van der Waals surface area contributed by atoms with Crippen LogP contribution in [0.4, 0.5) is 0 Å². The first kappa shape index (κ1) is 14.3. The second-order valence-corrected chi connectivity index (χ2v) is 5.25. The third kappa shape index (κ3) is 4.20. The van der Waals surface area contributed by atoms with Gasteiger partial charge in [-0.25, -0.2) is 0 Å². The van der Waals surface area contributed by atoms with Crippen molar-refractivity contribution in [3.63, 3.8) is 0 Å². The zero-order valence-corrected chi connectivity index (χ0v) is 11.9. The summed E-state index contributed by atoms with van der Waals surface area (Å²) in [5, 5.41) is 10.3. The molecule has 1 atom stereocenters. The number of rotatable bonds is 4. The van der Waals surface area contributed by atoms with E-state index in [-0.39, 0.29) is 0 Å². The Balaban J connectivity index is 1.90. The molecule has 1 heterocycles. The lowest BCUT2D eigenvalue weighted by atomic mass is 10.1. The van der Waals surface area contributed by atoms with Crippen LogP contribution in [0, 0.1) is 0 Å². The summed E-state index contributed by atoms with van der Waals surface area (Å²) in [4.78, 5) is 4.69. The number of methoxy groups -OCH3 is 1. The summed E-state index contributed by atoms with van der Waals surface area (Å²) in [6.45, 7) is 5.03. The average Bonchev–Trinajstić information content (AvgIpc) is 2.64. The molecular formula is C15H24N2O2. The van der Waals surface area contributed by atoms with E-state index in [2.05, 4.69) is 16.8 Å². The molecule has 0 aliphatic carbocycles. The molecule has 1 aliphatic heterocycles. The fraction of sp³-hybridized carbons (Fsp3) is 0.600. The minimum atomic E-state index is -0.422. The molecule has 19 heavy (non-hydrogen) atoms. The molecule has 1 aliphatic rings. The first-order chi connectivity index (χ1) is 9.19. The normalized spacial score (nSPS) is 19.9. The maximum atomic E-state index is 10.3. The standard InChI is InChI=1S/C15H24N2O2/c1-16-8-3-9-17(11-10-16)12-15(18)13-4-6-14(19-2)7-5-13/h4-7,15,18H,3,8-12H2,1-2H3. The Bertz CT molecular complexity index is 380. The van der Waals surface area contributed by atoms with Gasteiger partial charge in [-0.05, 0) is 44.3 Å². The van der Waals surface area contributed by atoms with Gasteiger partial charge in [-0.2, -0.15) is 0 Å². The Morgan fingerprint density at radius 1 is 1.16 bits per heavy atom. The Labute approximate surface area is 115 Å². The third-order valence-electron chi connectivity index (χ3n) is 3.74. The molecule has 0 spiro atoms. The van der Waals surface area contributed by atoms with Gasteiger partial charge in [0.1, 0.15) is 5.75 Å². The van der Waals surface area contributed by atoms with Crippen LogP contribution >= 0.6 is 0 Å². The summed E-state index contributed by atoms with van der Waals surface area (Å²) >= 11 is 0. The lowest BCUT2D eigenvalue weighted by molar-refractivity contribution is 0.115. The largest absolute Gasteiger partial charge is 0.497 e. The highest BCUT2D eigenvalue weighted by Crippen LogP contribution is 2.19. The Hall–Kier alpha value is -1.10. The predicted molar refractivity (Wildman–Crippen MR) is 76.5 cm³/mol. The molecule has 1 N–H and O–H groups in total. The number of likely N-dealkylation sites (N-methyl/N-ethyl adjacent to an activating group) is 1. The monoisotopic (exact) mass is 264 g/mol. The van der Waals surface area contributed by atoms with E-state index in [0.717, 1.165) is 37.5 Å². The van der Waals surface area contributed by atoms with Gasteiger partial charge in [-0.15, -0.1) is 0 Å². The summed E-state index contributed by atoms with van der Waals surface area (Å²) in [5.74, 6) is 0.826. The first-order valence-electron chi connectivity index (χ1n) is 6.92.